The van der Waals surface area contributed by atoms with Gasteiger partial charge in [-0.15, -0.1) is 0 Å². The fourth-order valence-electron chi connectivity index (χ4n) is 7.13. The lowest BCUT2D eigenvalue weighted by Gasteiger charge is -2.25. The van der Waals surface area contributed by atoms with Crippen LogP contribution in [0.15, 0.2) is 42.6 Å². The predicted molar refractivity (Wildman–Crippen MR) is 146 cm³/mol. The van der Waals surface area contributed by atoms with Crippen molar-refractivity contribution in [2.45, 2.75) is 76.9 Å². The summed E-state index contributed by atoms with van der Waals surface area (Å²) in [6.07, 6.45) is 12.0. The second-order valence-corrected chi connectivity index (χ2v) is 11.1. The van der Waals surface area contributed by atoms with E-state index in [1.807, 2.05) is 6.07 Å². The summed E-state index contributed by atoms with van der Waals surface area (Å²) in [6, 6.07) is 12.6. The number of rotatable bonds is 4. The molecule has 2 fully saturated rings. The molecule has 2 aromatic carbocycles. The van der Waals surface area contributed by atoms with E-state index in [4.69, 9.17) is 4.84 Å². The Bertz CT molecular complexity index is 1480. The number of aryl methyl sites for hydroxylation is 2. The molecule has 1 N–H and O–H groups in total. The molecule has 0 amide bonds. The lowest BCUT2D eigenvalue weighted by atomic mass is 9.81. The Labute approximate surface area is 217 Å². The number of carboxylic acids is 1. The molecule has 7 rings (SSSR count). The minimum absolute atomic E-state index is 0.371. The summed E-state index contributed by atoms with van der Waals surface area (Å²) in [4.78, 5) is 17.9. The topological polar surface area (TPSA) is 59.6 Å². The van der Waals surface area contributed by atoms with E-state index in [-0.39, 0.29) is 0 Å². The fourth-order valence-corrected chi connectivity index (χ4v) is 7.13. The summed E-state index contributed by atoms with van der Waals surface area (Å²) in [5.74, 6) is -0.342. The van der Waals surface area contributed by atoms with Crippen LogP contribution in [0.3, 0.4) is 0 Å². The van der Waals surface area contributed by atoms with Crippen molar-refractivity contribution in [2.75, 3.05) is 13.2 Å². The maximum Gasteiger partial charge on any atom is 0.335 e. The Morgan fingerprint density at radius 3 is 2.65 bits per heavy atom. The number of benzene rings is 2. The Hall–Kier alpha value is -3.09. The van der Waals surface area contributed by atoms with Crippen LogP contribution in [0.1, 0.15) is 78.8 Å². The first-order valence-electron chi connectivity index (χ1n) is 14.1. The van der Waals surface area contributed by atoms with Gasteiger partial charge in [-0.25, -0.2) is 4.79 Å². The van der Waals surface area contributed by atoms with Crippen molar-refractivity contribution >= 4 is 27.8 Å². The number of aromatic nitrogens is 2. The summed E-state index contributed by atoms with van der Waals surface area (Å²) in [5, 5.41) is 14.5. The SMILES string of the molecule is O=C(O)c1ccc2c(C3CCCCC3)c3n(c2c1)CCCn1cc(CN2CCCCO2)c2cccc-3c21. The molecule has 0 unspecified atom stereocenters. The molecule has 2 aromatic heterocycles. The average molecular weight is 498 g/mol. The Balaban J connectivity index is 1.47. The van der Waals surface area contributed by atoms with E-state index in [9.17, 15) is 9.90 Å². The summed E-state index contributed by atoms with van der Waals surface area (Å²) in [6.45, 7) is 4.45. The van der Waals surface area contributed by atoms with Gasteiger partial charge >= 0.3 is 5.97 Å². The van der Waals surface area contributed by atoms with E-state index in [1.54, 1.807) is 6.07 Å². The molecule has 1 aliphatic carbocycles. The number of carboxylic acid groups (broad SMARTS) is 1. The molecule has 0 radical (unpaired) electrons. The summed E-state index contributed by atoms with van der Waals surface area (Å²) < 4.78 is 4.92. The van der Waals surface area contributed by atoms with Gasteiger partial charge in [0.15, 0.2) is 0 Å². The van der Waals surface area contributed by atoms with Gasteiger partial charge in [0.05, 0.1) is 29.9 Å². The van der Waals surface area contributed by atoms with Crippen LogP contribution in [0.4, 0.5) is 0 Å². The van der Waals surface area contributed by atoms with Gasteiger partial charge in [0.1, 0.15) is 0 Å². The lowest BCUT2D eigenvalue weighted by Crippen LogP contribution is -2.29. The second-order valence-electron chi connectivity index (χ2n) is 11.1. The first-order valence-corrected chi connectivity index (χ1v) is 14.1. The van der Waals surface area contributed by atoms with Crippen molar-refractivity contribution in [3.8, 4) is 11.3 Å². The third-order valence-electron chi connectivity index (χ3n) is 8.80. The van der Waals surface area contributed by atoms with Crippen molar-refractivity contribution < 1.29 is 14.7 Å². The molecule has 1 saturated heterocycles. The van der Waals surface area contributed by atoms with Gasteiger partial charge in [0, 0.05) is 47.7 Å². The number of aromatic carboxylic acids is 1. The van der Waals surface area contributed by atoms with Gasteiger partial charge in [-0.3, -0.25) is 4.84 Å². The highest BCUT2D eigenvalue weighted by atomic mass is 16.7. The standard InChI is InChI=1S/C31H35N3O3/c35-31(36)22-12-13-25-27(18-22)34-16-7-14-32-19-23(20-33-15-4-5-17-37-33)24-10-6-11-26(29(24)32)30(34)28(25)21-8-2-1-3-9-21/h6,10-13,18-19,21H,1-5,7-9,14-17,20H2,(H,35,36). The number of hydrogen-bond donors (Lipinski definition) is 1. The summed E-state index contributed by atoms with van der Waals surface area (Å²) >= 11 is 0. The fraction of sp³-hybridized carbons (Fsp3) is 0.452. The van der Waals surface area contributed by atoms with E-state index in [1.165, 1.54) is 77.2 Å². The van der Waals surface area contributed by atoms with Crippen LogP contribution in [0.25, 0.3) is 33.1 Å². The van der Waals surface area contributed by atoms with Gasteiger partial charge in [0.25, 0.3) is 0 Å². The van der Waals surface area contributed by atoms with E-state index in [0.717, 1.165) is 51.1 Å². The van der Waals surface area contributed by atoms with E-state index < -0.39 is 5.97 Å². The third kappa shape index (κ3) is 3.89. The van der Waals surface area contributed by atoms with Crippen molar-refractivity contribution in [2.24, 2.45) is 0 Å². The zero-order valence-corrected chi connectivity index (χ0v) is 21.4. The maximum atomic E-state index is 11.9. The molecule has 37 heavy (non-hydrogen) atoms. The predicted octanol–water partition coefficient (Wildman–Crippen LogP) is 6.94. The molecule has 6 nitrogen and oxygen atoms in total. The number of carbonyl (C=O) groups is 1. The minimum atomic E-state index is -0.858. The first kappa shape index (κ1) is 23.1. The van der Waals surface area contributed by atoms with Crippen molar-refractivity contribution in [3.05, 3.63) is 59.3 Å². The molecule has 192 valence electrons. The molecule has 0 bridgehead atoms. The third-order valence-corrected chi connectivity index (χ3v) is 8.80. The quantitative estimate of drug-likeness (QED) is 0.332. The normalized spacial score (nSPS) is 19.1. The van der Waals surface area contributed by atoms with Crippen LogP contribution in [-0.2, 0) is 24.5 Å². The van der Waals surface area contributed by atoms with Crippen molar-refractivity contribution in [1.82, 2.24) is 14.2 Å². The van der Waals surface area contributed by atoms with Crippen LogP contribution in [0.2, 0.25) is 0 Å². The van der Waals surface area contributed by atoms with Crippen LogP contribution in [-0.4, -0.2) is 38.4 Å². The Morgan fingerprint density at radius 1 is 0.946 bits per heavy atom. The molecule has 0 atom stereocenters. The van der Waals surface area contributed by atoms with E-state index in [0.29, 0.717) is 11.5 Å². The summed E-state index contributed by atoms with van der Waals surface area (Å²) in [5.41, 5.74) is 8.13. The van der Waals surface area contributed by atoms with Crippen LogP contribution < -0.4 is 0 Å². The van der Waals surface area contributed by atoms with Gasteiger partial charge in [-0.2, -0.15) is 5.06 Å². The molecule has 4 heterocycles. The summed E-state index contributed by atoms with van der Waals surface area (Å²) in [7, 11) is 0. The number of nitrogens with zero attached hydrogens (tertiary/aromatic N) is 3. The molecule has 2 aliphatic heterocycles. The Morgan fingerprint density at radius 2 is 1.84 bits per heavy atom. The van der Waals surface area contributed by atoms with E-state index >= 15 is 0 Å². The number of para-hydroxylation sites is 1. The lowest BCUT2D eigenvalue weighted by molar-refractivity contribution is -0.187. The molecule has 0 spiro atoms. The highest BCUT2D eigenvalue weighted by molar-refractivity contribution is 6.03. The molecule has 1 saturated carbocycles. The number of hydrogen-bond acceptors (Lipinski definition) is 3. The van der Waals surface area contributed by atoms with Gasteiger partial charge in [0.2, 0.25) is 0 Å². The molecule has 6 heteroatoms. The first-order chi connectivity index (χ1) is 18.2. The monoisotopic (exact) mass is 497 g/mol. The second kappa shape index (κ2) is 9.34. The van der Waals surface area contributed by atoms with Gasteiger partial charge < -0.3 is 14.2 Å². The van der Waals surface area contributed by atoms with Crippen molar-refractivity contribution in [1.29, 1.82) is 0 Å². The minimum Gasteiger partial charge on any atom is -0.478 e. The van der Waals surface area contributed by atoms with Crippen LogP contribution in [0.5, 0.6) is 0 Å². The number of hydroxylamine groups is 2. The zero-order valence-electron chi connectivity index (χ0n) is 21.4. The largest absolute Gasteiger partial charge is 0.478 e. The van der Waals surface area contributed by atoms with Gasteiger partial charge in [-0.1, -0.05) is 43.5 Å². The maximum absolute atomic E-state index is 11.9. The molecule has 3 aliphatic rings. The number of fused-ring (bicyclic) bond motifs is 4. The molecular weight excluding hydrogens is 462 g/mol. The molecule has 4 aromatic rings. The Kier molecular flexibility index (Phi) is 5.82. The average Bonchev–Trinajstić information content (AvgIpc) is 3.43. The highest BCUT2D eigenvalue weighted by Gasteiger charge is 2.29. The van der Waals surface area contributed by atoms with Crippen LogP contribution >= 0.6 is 0 Å². The van der Waals surface area contributed by atoms with Crippen molar-refractivity contribution in [3.63, 3.8) is 0 Å². The van der Waals surface area contributed by atoms with Crippen LogP contribution in [0, 0.1) is 0 Å². The van der Waals surface area contributed by atoms with E-state index in [2.05, 4.69) is 44.7 Å². The zero-order chi connectivity index (χ0) is 24.9. The smallest absolute Gasteiger partial charge is 0.335 e. The van der Waals surface area contributed by atoms with Gasteiger partial charge in [-0.05, 0) is 61.3 Å². The highest BCUT2D eigenvalue weighted by Crippen LogP contribution is 2.47. The molecular formula is C31H35N3O3.